The van der Waals surface area contributed by atoms with Gasteiger partial charge in [-0.05, 0) is 105 Å². The van der Waals surface area contributed by atoms with Gasteiger partial charge in [-0.25, -0.2) is 23.5 Å². The van der Waals surface area contributed by atoms with E-state index in [1.54, 1.807) is 32.6 Å². The average molecular weight is 721 g/mol. The van der Waals surface area contributed by atoms with E-state index in [9.17, 15) is 13.6 Å². The van der Waals surface area contributed by atoms with Crippen molar-refractivity contribution >= 4 is 54.3 Å². The highest BCUT2D eigenvalue weighted by atomic mass is 33.5. The Morgan fingerprint density at radius 1 is 0.979 bits per heavy atom. The molecule has 48 heavy (non-hydrogen) atoms. The first-order valence-corrected chi connectivity index (χ1v) is 20.9. The van der Waals surface area contributed by atoms with Crippen molar-refractivity contribution in [3.05, 3.63) is 93.9 Å². The first-order valence-electron chi connectivity index (χ1n) is 16.1. The number of imidazole rings is 1. The third kappa shape index (κ3) is 6.00. The minimum absolute atomic E-state index is 0.0544. The minimum Gasteiger partial charge on any atom is -0.341 e. The van der Waals surface area contributed by atoms with E-state index in [1.165, 1.54) is 0 Å². The lowest BCUT2D eigenvalue weighted by molar-refractivity contribution is -0.112. The van der Waals surface area contributed by atoms with Crippen LogP contribution in [0.5, 0.6) is 0 Å². The topological polar surface area (TPSA) is 112 Å². The molecular formula is C35H34F2N6OS4. The Labute approximate surface area is 292 Å². The zero-order valence-corrected chi connectivity index (χ0v) is 29.2. The molecule has 13 heteroatoms. The largest absolute Gasteiger partial charge is 0.341 e. The van der Waals surface area contributed by atoms with E-state index in [1.807, 2.05) is 41.3 Å². The summed E-state index contributed by atoms with van der Waals surface area (Å²) in [6.45, 7) is 0.675. The van der Waals surface area contributed by atoms with Crippen LogP contribution >= 0.6 is 43.4 Å². The van der Waals surface area contributed by atoms with Crippen molar-refractivity contribution in [3.8, 4) is 33.5 Å². The summed E-state index contributed by atoms with van der Waals surface area (Å²) >= 11 is 1.79. The molecule has 0 radical (unpaired) electrons. The summed E-state index contributed by atoms with van der Waals surface area (Å²) in [7, 11) is 5.08. The average Bonchev–Trinajstić information content (AvgIpc) is 3.63. The van der Waals surface area contributed by atoms with Gasteiger partial charge < -0.3 is 15.7 Å². The van der Waals surface area contributed by atoms with Gasteiger partial charge in [0.15, 0.2) is 0 Å². The maximum absolute atomic E-state index is 14.8. The zero-order valence-electron chi connectivity index (χ0n) is 26.0. The van der Waals surface area contributed by atoms with Crippen molar-refractivity contribution in [2.75, 3.05) is 18.1 Å². The minimum atomic E-state index is -2.72. The first kappa shape index (κ1) is 32.4. The van der Waals surface area contributed by atoms with Crippen LogP contribution in [0.3, 0.4) is 0 Å². The van der Waals surface area contributed by atoms with Gasteiger partial charge in [-0.2, -0.15) is 11.8 Å². The molecule has 0 amide bonds. The van der Waals surface area contributed by atoms with Gasteiger partial charge in [0, 0.05) is 35.0 Å². The molecule has 3 aromatic carbocycles. The van der Waals surface area contributed by atoms with E-state index in [2.05, 4.69) is 50.0 Å². The van der Waals surface area contributed by atoms with Crippen molar-refractivity contribution in [2.45, 2.75) is 55.2 Å². The van der Waals surface area contributed by atoms with E-state index in [-0.39, 0.29) is 24.4 Å². The van der Waals surface area contributed by atoms with Crippen LogP contribution in [0.25, 0.3) is 44.4 Å². The van der Waals surface area contributed by atoms with Crippen LogP contribution in [0, 0.1) is 0 Å². The van der Waals surface area contributed by atoms with Gasteiger partial charge in [-0.3, -0.25) is 4.79 Å². The number of fused-ring (bicyclic) bond motifs is 6. The first-order chi connectivity index (χ1) is 23.3. The standard InChI is InChI=1S/C35H34F2N6OS4/c36-35(37)18-34(19-35)26-13-20(21-5-9-25-29(15-21)41-32(42-33(25)44)28-3-1-12-46-48-47-43-28)4-7-23(26)24-8-6-22(14-27(24)34)30-16-39-31(40-30)17-45-11-2-10-38/h4-9,13-16,28,43H,1-3,10-12,17-19,38H2,(H,39,40)(H,41,42,44)/t28-/m0/s1. The number of alkyl halides is 2. The Balaban J connectivity index is 1.13. The lowest BCUT2D eigenvalue weighted by Crippen LogP contribution is -2.48. The third-order valence-corrected chi connectivity index (χ3v) is 14.3. The number of nitrogens with two attached hydrogens (primary N) is 1. The molecule has 5 aromatic rings. The van der Waals surface area contributed by atoms with Gasteiger partial charge in [0.2, 0.25) is 0 Å². The van der Waals surface area contributed by atoms with Crippen LogP contribution in [0.2, 0.25) is 0 Å². The number of H-pyrrole nitrogens is 2. The van der Waals surface area contributed by atoms with E-state index >= 15 is 0 Å². The number of nitrogens with one attached hydrogen (secondary N) is 3. The molecule has 0 unspecified atom stereocenters. The van der Waals surface area contributed by atoms with Gasteiger partial charge >= 0.3 is 0 Å². The van der Waals surface area contributed by atoms with Gasteiger partial charge in [-0.1, -0.05) is 41.1 Å². The van der Waals surface area contributed by atoms with E-state index in [0.29, 0.717) is 23.3 Å². The molecule has 3 aliphatic rings. The predicted molar refractivity (Wildman–Crippen MR) is 198 cm³/mol. The summed E-state index contributed by atoms with van der Waals surface area (Å²) in [4.78, 5) is 29.0. The molecular weight excluding hydrogens is 687 g/mol. The van der Waals surface area contributed by atoms with Gasteiger partial charge in [0.1, 0.15) is 11.6 Å². The second kappa shape index (κ2) is 13.1. The van der Waals surface area contributed by atoms with Crippen molar-refractivity contribution < 1.29 is 8.78 Å². The van der Waals surface area contributed by atoms with Crippen LogP contribution in [0.15, 0.2) is 65.6 Å². The van der Waals surface area contributed by atoms with Crippen LogP contribution in [0.4, 0.5) is 8.78 Å². The highest BCUT2D eigenvalue weighted by Gasteiger charge is 2.61. The SMILES string of the molecule is NCCCSCc1ncc(-c2ccc3c(c2)C2(CC(F)(F)C2)c2cc(-c4ccc5c(=O)[nH]c([C@@H]6CCCSSSN6)nc5c4)ccc2-3)[nH]1. The molecule has 2 fully saturated rings. The third-order valence-electron chi connectivity index (χ3n) is 9.53. The summed E-state index contributed by atoms with van der Waals surface area (Å²) in [5.41, 5.74) is 12.8. The summed E-state index contributed by atoms with van der Waals surface area (Å²) in [5.74, 6) is 1.60. The van der Waals surface area contributed by atoms with Crippen LogP contribution in [-0.4, -0.2) is 43.9 Å². The van der Waals surface area contributed by atoms with Gasteiger partial charge in [0.25, 0.3) is 11.5 Å². The van der Waals surface area contributed by atoms with E-state index in [0.717, 1.165) is 87.0 Å². The number of nitrogens with zero attached hydrogens (tertiary/aromatic N) is 2. The fraction of sp³-hybridized carbons (Fsp3) is 0.343. The van der Waals surface area contributed by atoms with Crippen molar-refractivity contribution in [1.82, 2.24) is 24.7 Å². The van der Waals surface area contributed by atoms with Crippen LogP contribution in [0.1, 0.15) is 60.9 Å². The highest BCUT2D eigenvalue weighted by Crippen LogP contribution is 2.64. The lowest BCUT2D eigenvalue weighted by atomic mass is 9.60. The molecule has 1 saturated heterocycles. The Bertz CT molecular complexity index is 2050. The summed E-state index contributed by atoms with van der Waals surface area (Å²) in [6.07, 6.45) is 4.25. The van der Waals surface area contributed by atoms with Crippen LogP contribution in [-0.2, 0) is 11.2 Å². The van der Waals surface area contributed by atoms with E-state index < -0.39 is 11.3 Å². The lowest BCUT2D eigenvalue weighted by Gasteiger charge is -2.46. The number of rotatable bonds is 8. The summed E-state index contributed by atoms with van der Waals surface area (Å²) < 4.78 is 33.1. The molecule has 0 bridgehead atoms. The Hall–Kier alpha value is -2.81. The molecule has 1 saturated carbocycles. The zero-order chi connectivity index (χ0) is 32.9. The Morgan fingerprint density at radius 2 is 1.73 bits per heavy atom. The normalized spacial score (nSPS) is 19.4. The van der Waals surface area contributed by atoms with Gasteiger partial charge in [0.05, 0.1) is 34.6 Å². The maximum atomic E-state index is 14.8. The predicted octanol–water partition coefficient (Wildman–Crippen LogP) is 8.63. The molecule has 7 nitrogen and oxygen atoms in total. The number of benzene rings is 3. The molecule has 5 N–H and O–H groups in total. The van der Waals surface area contributed by atoms with Gasteiger partial charge in [-0.15, -0.1) is 0 Å². The quantitative estimate of drug-likeness (QED) is 0.0711. The summed E-state index contributed by atoms with van der Waals surface area (Å²) in [6, 6.07) is 18.0. The Kier molecular flexibility index (Phi) is 8.87. The number of aromatic amines is 2. The van der Waals surface area contributed by atoms with E-state index in [4.69, 9.17) is 10.7 Å². The fourth-order valence-corrected chi connectivity index (χ4v) is 11.4. The number of aromatic nitrogens is 4. The molecule has 2 aliphatic carbocycles. The second-order valence-corrected chi connectivity index (χ2v) is 17.8. The second-order valence-electron chi connectivity index (χ2n) is 12.7. The molecule has 2 aromatic heterocycles. The monoisotopic (exact) mass is 720 g/mol. The number of hydrogen-bond acceptors (Lipinski definition) is 9. The molecule has 1 aliphatic heterocycles. The molecule has 1 spiro atoms. The highest BCUT2D eigenvalue weighted by molar-refractivity contribution is 9.09. The Morgan fingerprint density at radius 3 is 2.52 bits per heavy atom. The molecule has 3 heterocycles. The number of thioether (sulfide) groups is 1. The fourth-order valence-electron chi connectivity index (χ4n) is 7.23. The van der Waals surface area contributed by atoms with Crippen molar-refractivity contribution in [1.29, 1.82) is 0 Å². The molecule has 1 atom stereocenters. The number of hydrogen-bond donors (Lipinski definition) is 4. The van der Waals surface area contributed by atoms with Crippen LogP contribution < -0.4 is 16.0 Å². The van der Waals surface area contributed by atoms with Crippen molar-refractivity contribution in [2.24, 2.45) is 5.73 Å². The molecule has 8 rings (SSSR count). The smallest absolute Gasteiger partial charge is 0.258 e. The molecule has 248 valence electrons. The number of halogens is 2. The van der Waals surface area contributed by atoms with Crippen molar-refractivity contribution in [3.63, 3.8) is 0 Å². The summed E-state index contributed by atoms with van der Waals surface area (Å²) in [5, 5.41) is 0.526. The maximum Gasteiger partial charge on any atom is 0.258 e.